The Hall–Kier alpha value is -2.57. The smallest absolute Gasteiger partial charge is 0.416 e. The Bertz CT molecular complexity index is 654. The fourth-order valence-electron chi connectivity index (χ4n) is 1.43. The number of nitrogens with zero attached hydrogens (tertiary/aromatic N) is 2. The maximum absolute atomic E-state index is 12.5. The summed E-state index contributed by atoms with van der Waals surface area (Å²) in [5.41, 5.74) is -0.576. The Balaban J connectivity index is 2.25. The zero-order valence-corrected chi connectivity index (χ0v) is 9.96. The van der Waals surface area contributed by atoms with Crippen molar-refractivity contribution < 1.29 is 23.4 Å². The summed E-state index contributed by atoms with van der Waals surface area (Å²) in [6.07, 6.45) is -4.44. The zero-order chi connectivity index (χ0) is 14.8. The number of hydrogen-bond acceptors (Lipinski definition) is 4. The van der Waals surface area contributed by atoms with Crippen molar-refractivity contribution >= 4 is 11.4 Å². The van der Waals surface area contributed by atoms with E-state index in [0.717, 1.165) is 18.2 Å². The van der Waals surface area contributed by atoms with Crippen molar-refractivity contribution in [2.24, 2.45) is 10.2 Å². The molecule has 7 heteroatoms. The molecule has 0 aliphatic rings. The molecule has 2 aromatic rings. The Kier molecular flexibility index (Phi) is 3.60. The highest BCUT2D eigenvalue weighted by Crippen LogP contribution is 2.33. The van der Waals surface area contributed by atoms with Gasteiger partial charge in [-0.2, -0.15) is 23.4 Å². The quantitative estimate of drug-likeness (QED) is 0.627. The Morgan fingerprint density at radius 3 is 2.05 bits per heavy atom. The van der Waals surface area contributed by atoms with E-state index < -0.39 is 11.7 Å². The van der Waals surface area contributed by atoms with Crippen LogP contribution < -0.4 is 0 Å². The van der Waals surface area contributed by atoms with Gasteiger partial charge in [-0.25, -0.2) is 0 Å². The van der Waals surface area contributed by atoms with Crippen molar-refractivity contribution in [1.82, 2.24) is 0 Å². The maximum Gasteiger partial charge on any atom is 0.416 e. The molecular weight excluding hydrogens is 273 g/mol. The number of alkyl halides is 3. The summed E-state index contributed by atoms with van der Waals surface area (Å²) >= 11 is 0. The molecule has 0 aliphatic heterocycles. The summed E-state index contributed by atoms with van der Waals surface area (Å²) in [7, 11) is 0. The van der Waals surface area contributed by atoms with Crippen LogP contribution in [0.5, 0.6) is 11.5 Å². The fraction of sp³-hybridized carbons (Fsp3) is 0.0769. The molecule has 0 radical (unpaired) electrons. The molecule has 0 bridgehead atoms. The standard InChI is InChI=1S/C13H9F3N2O2/c14-13(15,16)8-2-1-3-9(6-8)17-18-10-4-5-11(19)12(20)7-10/h1-7,19-20H/b18-17+. The number of benzene rings is 2. The molecule has 104 valence electrons. The summed E-state index contributed by atoms with van der Waals surface area (Å²) in [5.74, 6) is -0.700. The van der Waals surface area contributed by atoms with Gasteiger partial charge in [-0.3, -0.25) is 0 Å². The van der Waals surface area contributed by atoms with Crippen LogP contribution in [0.15, 0.2) is 52.7 Å². The van der Waals surface area contributed by atoms with E-state index in [2.05, 4.69) is 10.2 Å². The lowest BCUT2D eigenvalue weighted by Gasteiger charge is -2.05. The topological polar surface area (TPSA) is 65.2 Å². The molecular formula is C13H9F3N2O2. The number of phenols is 2. The number of hydrogen-bond donors (Lipinski definition) is 2. The van der Waals surface area contributed by atoms with Gasteiger partial charge in [0.2, 0.25) is 0 Å². The van der Waals surface area contributed by atoms with Gasteiger partial charge in [-0.05, 0) is 30.3 Å². The van der Waals surface area contributed by atoms with Gasteiger partial charge in [0.1, 0.15) is 0 Å². The average molecular weight is 282 g/mol. The van der Waals surface area contributed by atoms with Crippen molar-refractivity contribution in [3.05, 3.63) is 48.0 Å². The first-order chi connectivity index (χ1) is 9.36. The zero-order valence-electron chi connectivity index (χ0n) is 9.96. The van der Waals surface area contributed by atoms with Crippen molar-refractivity contribution in [3.63, 3.8) is 0 Å². The number of aromatic hydroxyl groups is 2. The second-order valence-corrected chi connectivity index (χ2v) is 3.92. The minimum Gasteiger partial charge on any atom is -0.504 e. The normalized spacial score (nSPS) is 11.9. The minimum atomic E-state index is -4.44. The molecule has 0 atom stereocenters. The Morgan fingerprint density at radius 1 is 0.800 bits per heavy atom. The average Bonchev–Trinajstić information content (AvgIpc) is 2.39. The van der Waals surface area contributed by atoms with E-state index in [4.69, 9.17) is 5.11 Å². The third-order valence-corrected chi connectivity index (χ3v) is 2.41. The molecule has 2 rings (SSSR count). The minimum absolute atomic E-state index is 0.0346. The summed E-state index contributed by atoms with van der Waals surface area (Å²) < 4.78 is 37.5. The number of halogens is 3. The largest absolute Gasteiger partial charge is 0.504 e. The van der Waals surface area contributed by atoms with Gasteiger partial charge in [0.15, 0.2) is 11.5 Å². The fourth-order valence-corrected chi connectivity index (χ4v) is 1.43. The van der Waals surface area contributed by atoms with Crippen molar-refractivity contribution in [1.29, 1.82) is 0 Å². The van der Waals surface area contributed by atoms with Crippen LogP contribution in [0.4, 0.5) is 24.5 Å². The molecule has 0 heterocycles. The molecule has 0 aliphatic carbocycles. The third-order valence-electron chi connectivity index (χ3n) is 2.41. The maximum atomic E-state index is 12.5. The molecule has 2 aromatic carbocycles. The van der Waals surface area contributed by atoms with Crippen LogP contribution in [0, 0.1) is 0 Å². The molecule has 0 fully saturated rings. The lowest BCUT2D eigenvalue weighted by atomic mass is 10.2. The van der Waals surface area contributed by atoms with E-state index in [9.17, 15) is 18.3 Å². The van der Waals surface area contributed by atoms with E-state index in [1.807, 2.05) is 0 Å². The van der Waals surface area contributed by atoms with Gasteiger partial charge in [0, 0.05) is 6.07 Å². The second kappa shape index (κ2) is 5.20. The highest BCUT2D eigenvalue weighted by Gasteiger charge is 2.30. The summed E-state index contributed by atoms with van der Waals surface area (Å²) in [4.78, 5) is 0. The Labute approximate surface area is 111 Å². The van der Waals surface area contributed by atoms with E-state index >= 15 is 0 Å². The Morgan fingerprint density at radius 2 is 1.45 bits per heavy atom. The van der Waals surface area contributed by atoms with Gasteiger partial charge < -0.3 is 10.2 Å². The van der Waals surface area contributed by atoms with E-state index in [-0.39, 0.29) is 22.9 Å². The molecule has 20 heavy (non-hydrogen) atoms. The van der Waals surface area contributed by atoms with Crippen LogP contribution in [-0.4, -0.2) is 10.2 Å². The predicted octanol–water partition coefficient (Wildman–Crippen LogP) is 4.53. The third kappa shape index (κ3) is 3.25. The first-order valence-electron chi connectivity index (χ1n) is 5.47. The number of phenolic OH excluding ortho intramolecular Hbond substituents is 2. The first kappa shape index (κ1) is 13.9. The molecule has 0 saturated carbocycles. The van der Waals surface area contributed by atoms with E-state index in [1.165, 1.54) is 24.3 Å². The molecule has 4 nitrogen and oxygen atoms in total. The van der Waals surface area contributed by atoms with Crippen LogP contribution in [0.1, 0.15) is 5.56 Å². The first-order valence-corrected chi connectivity index (χ1v) is 5.47. The highest BCUT2D eigenvalue weighted by atomic mass is 19.4. The summed E-state index contributed by atoms with van der Waals surface area (Å²) in [6.45, 7) is 0. The predicted molar refractivity (Wildman–Crippen MR) is 65.4 cm³/mol. The molecule has 0 amide bonds. The molecule has 2 N–H and O–H groups in total. The number of rotatable bonds is 2. The molecule has 0 aromatic heterocycles. The van der Waals surface area contributed by atoms with Crippen LogP contribution in [0.25, 0.3) is 0 Å². The van der Waals surface area contributed by atoms with Crippen LogP contribution >= 0.6 is 0 Å². The van der Waals surface area contributed by atoms with Gasteiger partial charge in [0.05, 0.1) is 16.9 Å². The summed E-state index contributed by atoms with van der Waals surface area (Å²) in [6, 6.07) is 8.12. The van der Waals surface area contributed by atoms with E-state index in [0.29, 0.717) is 0 Å². The summed E-state index contributed by atoms with van der Waals surface area (Å²) in [5, 5.41) is 25.7. The van der Waals surface area contributed by atoms with Gasteiger partial charge in [-0.15, -0.1) is 0 Å². The van der Waals surface area contributed by atoms with Gasteiger partial charge in [0.25, 0.3) is 0 Å². The van der Waals surface area contributed by atoms with Crippen molar-refractivity contribution in [2.45, 2.75) is 6.18 Å². The molecule has 0 saturated heterocycles. The lowest BCUT2D eigenvalue weighted by Crippen LogP contribution is -2.03. The molecule has 0 spiro atoms. The molecule has 0 unspecified atom stereocenters. The van der Waals surface area contributed by atoms with Gasteiger partial charge in [-0.1, -0.05) is 6.07 Å². The highest BCUT2D eigenvalue weighted by molar-refractivity contribution is 5.50. The van der Waals surface area contributed by atoms with Crippen molar-refractivity contribution in [3.8, 4) is 11.5 Å². The monoisotopic (exact) mass is 282 g/mol. The SMILES string of the molecule is Oc1ccc(/N=N/c2cccc(C(F)(F)F)c2)cc1O. The van der Waals surface area contributed by atoms with Gasteiger partial charge >= 0.3 is 6.18 Å². The van der Waals surface area contributed by atoms with Crippen LogP contribution in [0.3, 0.4) is 0 Å². The lowest BCUT2D eigenvalue weighted by molar-refractivity contribution is -0.137. The van der Waals surface area contributed by atoms with Crippen LogP contribution in [0.2, 0.25) is 0 Å². The number of azo groups is 1. The second-order valence-electron chi connectivity index (χ2n) is 3.92. The van der Waals surface area contributed by atoms with Crippen LogP contribution in [-0.2, 0) is 6.18 Å². The van der Waals surface area contributed by atoms with Crippen molar-refractivity contribution in [2.75, 3.05) is 0 Å². The van der Waals surface area contributed by atoms with E-state index in [1.54, 1.807) is 0 Å².